The van der Waals surface area contributed by atoms with Crippen LogP contribution in [0.15, 0.2) is 118 Å². The number of esters is 1. The highest BCUT2D eigenvalue weighted by Crippen LogP contribution is 2.49. The fourth-order valence-electron chi connectivity index (χ4n) is 13.8. The Balaban J connectivity index is 0.000000341. The molecule has 21 unspecified atom stereocenters. The fraction of sp³-hybridized carbons (Fsp3) is 0.657. The zero-order chi connectivity index (χ0) is 60.2. The van der Waals surface area contributed by atoms with Crippen LogP contribution >= 0.6 is 24.2 Å². The number of hydrogen-bond donors (Lipinski definition) is 3. The number of rotatable bonds is 13. The van der Waals surface area contributed by atoms with E-state index < -0.39 is 90.8 Å². The maximum absolute atomic E-state index is 14.3. The molecule has 2 aromatic rings. The topological polar surface area (TPSA) is 177 Å². The molecule has 0 saturated carbocycles. The quantitative estimate of drug-likeness (QED) is 0.127. The summed E-state index contributed by atoms with van der Waals surface area (Å²) >= 11 is 1.88. The van der Waals surface area contributed by atoms with E-state index in [1.165, 1.54) is 21.2 Å². The van der Waals surface area contributed by atoms with Gasteiger partial charge in [-0.2, -0.15) is 0 Å². The normalized spacial score (nSPS) is 38.0. The van der Waals surface area contributed by atoms with Crippen molar-refractivity contribution in [1.82, 2.24) is 4.90 Å². The van der Waals surface area contributed by atoms with Crippen molar-refractivity contribution >= 4 is 41.5 Å². The minimum Gasteiger partial charge on any atom is -0.462 e. The van der Waals surface area contributed by atoms with Gasteiger partial charge in [0.2, 0.25) is 0 Å². The van der Waals surface area contributed by atoms with Crippen LogP contribution in [0.1, 0.15) is 115 Å². The molecule has 85 heavy (non-hydrogen) atoms. The van der Waals surface area contributed by atoms with Gasteiger partial charge >= 0.3 is 5.97 Å². The summed E-state index contributed by atoms with van der Waals surface area (Å²) in [5.41, 5.74) is 2.81. The molecule has 3 N–H and O–H groups in total. The third-order valence-corrected chi connectivity index (χ3v) is 20.0. The number of carbonyl (C=O) groups is 1. The molecule has 16 nitrogen and oxygen atoms in total. The summed E-state index contributed by atoms with van der Waals surface area (Å²) in [6.45, 7) is 26.1. The number of benzene rings is 2. The highest BCUT2D eigenvalue weighted by atomic mass is 35.5. The van der Waals surface area contributed by atoms with Crippen molar-refractivity contribution in [1.29, 1.82) is 0 Å². The first-order valence-electron chi connectivity index (χ1n) is 31.0. The predicted octanol–water partition coefficient (Wildman–Crippen LogP) is 10.8. The lowest BCUT2D eigenvalue weighted by Crippen LogP contribution is -2.58. The van der Waals surface area contributed by atoms with Gasteiger partial charge < -0.3 is 67.6 Å². The summed E-state index contributed by atoms with van der Waals surface area (Å²) in [6, 6.07) is 18.0. The number of allylic oxidation sites excluding steroid dienone is 2. The zero-order valence-corrected chi connectivity index (χ0v) is 53.9. The molecular weight excluding hydrogens is 1120 g/mol. The van der Waals surface area contributed by atoms with Crippen molar-refractivity contribution in [2.45, 2.75) is 228 Å². The fourth-order valence-corrected chi connectivity index (χ4v) is 14.9. The smallest absolute Gasteiger partial charge is 0.316 e. The van der Waals surface area contributed by atoms with E-state index in [0.29, 0.717) is 49.3 Å². The SMILES string of the molecule is CCC(C)C1OC2(C=CC1C)CC1CC(CC=C(C)C(OC3CC(OC)C(OC4CC(OC)C(O)C(C)O4)C(C)O3)C(C)C=CC=C3COC4C(O)C(C)=CC(C(=O)O1)C34O)O2.CCN(CC)C(C)CN1c2ccccc2Sc2ccccc21.Cl. The lowest BCUT2D eigenvalue weighted by molar-refractivity contribution is -0.318. The molecule has 4 saturated heterocycles. The Labute approximate surface area is 516 Å². The minimum atomic E-state index is -1.84. The number of halogens is 1. The van der Waals surface area contributed by atoms with Crippen LogP contribution in [0.25, 0.3) is 0 Å². The van der Waals surface area contributed by atoms with Crippen LogP contribution in [0.5, 0.6) is 0 Å². The van der Waals surface area contributed by atoms with Gasteiger partial charge in [0.1, 0.15) is 42.0 Å². The number of fused-ring (bicyclic) bond motifs is 4. The molecule has 7 aliphatic heterocycles. The Hall–Kier alpha value is -3.47. The van der Waals surface area contributed by atoms with E-state index in [0.717, 1.165) is 31.6 Å². The standard InChI is InChI=1S/C48H72O14.C19H24N2S.ClH/c1-11-25(2)43-28(5)17-18-47(62-43)23-34-20-33(61-47)16-15-27(4)42(26(3)13-12-14-32-24-55-45-40(49)29(6)19-35(46(51)58-34)48(32,45)52)59-39-22-37(54-10)44(31(8)57-39)60-38-21-36(53-9)41(50)30(7)56-38;1-4-20(5-2)15(3)14-21-16-10-6-8-12-18(16)22-19-13-9-7-11-17(19)21;/h12-15,17-19,25-26,28,30-31,33-45,49-50,52H,11,16,20-24H2,1-10H3;6-13,15H,4-5,14H2,1-3H3;1H. The number of nitrogens with zero attached hydrogens (tertiary/aromatic N) is 2. The van der Waals surface area contributed by atoms with Gasteiger partial charge in [0.25, 0.3) is 0 Å². The van der Waals surface area contributed by atoms with Crippen LogP contribution in [-0.4, -0.2) is 170 Å². The van der Waals surface area contributed by atoms with Crippen molar-refractivity contribution in [3.05, 3.63) is 108 Å². The van der Waals surface area contributed by atoms with Crippen molar-refractivity contribution in [2.24, 2.45) is 23.7 Å². The van der Waals surface area contributed by atoms with Gasteiger partial charge in [0.15, 0.2) is 18.4 Å². The predicted molar refractivity (Wildman–Crippen MR) is 331 cm³/mol. The summed E-state index contributed by atoms with van der Waals surface area (Å²) in [4.78, 5) is 22.1. The summed E-state index contributed by atoms with van der Waals surface area (Å²) in [6.07, 6.45) is 8.55. The number of methoxy groups -OCH3 is 2. The molecule has 7 heterocycles. The number of likely N-dealkylation sites (N-methyl/N-ethyl adjacent to an activating group) is 1. The first kappa shape index (κ1) is 67.5. The molecule has 0 radical (unpaired) electrons. The van der Waals surface area contributed by atoms with Crippen LogP contribution in [0, 0.1) is 23.7 Å². The van der Waals surface area contributed by atoms with Gasteiger partial charge in [-0.05, 0) is 107 Å². The zero-order valence-electron chi connectivity index (χ0n) is 52.2. The van der Waals surface area contributed by atoms with E-state index in [1.807, 2.05) is 43.8 Å². The molecule has 21 atom stereocenters. The third-order valence-electron chi connectivity index (χ3n) is 18.9. The van der Waals surface area contributed by atoms with Gasteiger partial charge in [-0.15, -0.1) is 12.4 Å². The summed E-state index contributed by atoms with van der Waals surface area (Å²) < 4.78 is 63.7. The van der Waals surface area contributed by atoms with Crippen LogP contribution in [0.4, 0.5) is 11.4 Å². The van der Waals surface area contributed by atoms with E-state index in [9.17, 15) is 20.1 Å². The average molecular weight is 1220 g/mol. The van der Waals surface area contributed by atoms with Gasteiger partial charge in [-0.25, -0.2) is 0 Å². The first-order valence-corrected chi connectivity index (χ1v) is 31.8. The molecule has 472 valence electrons. The Bertz CT molecular complexity index is 2660. The second-order valence-electron chi connectivity index (χ2n) is 24.7. The molecule has 0 amide bonds. The Morgan fingerprint density at radius 3 is 2.12 bits per heavy atom. The number of para-hydroxylation sites is 2. The number of ether oxygens (including phenoxy) is 10. The van der Waals surface area contributed by atoms with E-state index in [2.05, 4.69) is 119 Å². The van der Waals surface area contributed by atoms with Gasteiger partial charge in [-0.3, -0.25) is 9.69 Å². The van der Waals surface area contributed by atoms with Crippen LogP contribution in [-0.2, 0) is 52.2 Å². The van der Waals surface area contributed by atoms with Crippen molar-refractivity contribution < 1.29 is 67.5 Å². The molecule has 1 spiro atoms. The number of aliphatic hydroxyl groups excluding tert-OH is 2. The highest BCUT2D eigenvalue weighted by molar-refractivity contribution is 7.99. The van der Waals surface area contributed by atoms with Crippen molar-refractivity contribution in [3.63, 3.8) is 0 Å². The minimum absolute atomic E-state index is 0. The van der Waals surface area contributed by atoms with Gasteiger partial charge in [0, 0.05) is 74.1 Å². The lowest BCUT2D eigenvalue weighted by Gasteiger charge is -2.48. The molecule has 8 aliphatic rings. The molecule has 18 heteroatoms. The van der Waals surface area contributed by atoms with E-state index in [-0.39, 0.29) is 55.1 Å². The number of anilines is 2. The monoisotopic (exact) mass is 1220 g/mol. The first-order chi connectivity index (χ1) is 40.2. The second-order valence-corrected chi connectivity index (χ2v) is 25.8. The van der Waals surface area contributed by atoms with Crippen LogP contribution in [0.2, 0.25) is 0 Å². The molecule has 1 aliphatic carbocycles. The highest BCUT2D eigenvalue weighted by Gasteiger charge is 2.60. The third kappa shape index (κ3) is 14.7. The lowest BCUT2D eigenvalue weighted by atomic mass is 9.71. The van der Waals surface area contributed by atoms with E-state index >= 15 is 0 Å². The second kappa shape index (κ2) is 29.4. The Morgan fingerprint density at radius 1 is 0.812 bits per heavy atom. The van der Waals surface area contributed by atoms with Crippen molar-refractivity contribution in [3.8, 4) is 0 Å². The number of hydrogen-bond acceptors (Lipinski definition) is 17. The maximum atomic E-state index is 14.3. The van der Waals surface area contributed by atoms with Gasteiger partial charge in [-0.1, -0.05) is 120 Å². The maximum Gasteiger partial charge on any atom is 0.316 e. The molecule has 0 aromatic heterocycles. The Kier molecular flexibility index (Phi) is 23.4. The molecule has 4 fully saturated rings. The van der Waals surface area contributed by atoms with Crippen molar-refractivity contribution in [2.75, 3.05) is 45.4 Å². The molecule has 10 rings (SSSR count). The molecule has 2 aromatic carbocycles. The van der Waals surface area contributed by atoms with E-state index in [1.54, 1.807) is 40.2 Å². The largest absolute Gasteiger partial charge is 0.462 e. The number of carbonyl (C=O) groups excluding carboxylic acids is 1. The summed E-state index contributed by atoms with van der Waals surface area (Å²) in [5, 5.41) is 34.2. The summed E-state index contributed by atoms with van der Waals surface area (Å²) in [5.74, 6) is -2.56. The summed E-state index contributed by atoms with van der Waals surface area (Å²) in [7, 11) is 3.22. The van der Waals surface area contributed by atoms with E-state index in [4.69, 9.17) is 47.4 Å². The average Bonchev–Trinajstić information content (AvgIpc) is 1.76. The molecule has 2 bridgehead atoms. The Morgan fingerprint density at radius 2 is 1.46 bits per heavy atom. The van der Waals surface area contributed by atoms with Crippen LogP contribution < -0.4 is 4.90 Å². The number of aliphatic hydroxyl groups is 3. The van der Waals surface area contributed by atoms with Crippen LogP contribution in [0.3, 0.4) is 0 Å². The molecular formula is C67H97ClN2O14S. The van der Waals surface area contributed by atoms with Gasteiger partial charge in [0.05, 0.1) is 60.7 Å².